The highest BCUT2D eigenvalue weighted by atomic mass is 16.5. The molecule has 0 saturated heterocycles. The largest absolute Gasteiger partial charge is 0.454 e. The van der Waals surface area contributed by atoms with Gasteiger partial charge in [-0.3, -0.25) is 19.3 Å². The van der Waals surface area contributed by atoms with Crippen LogP contribution in [0.1, 0.15) is 26.3 Å². The van der Waals surface area contributed by atoms with E-state index in [2.05, 4.69) is 5.32 Å². The zero-order chi connectivity index (χ0) is 25.1. The molecule has 178 valence electrons. The molecule has 0 fully saturated rings. The molecular weight excluding hydrogens is 456 g/mol. The van der Waals surface area contributed by atoms with E-state index in [4.69, 9.17) is 4.74 Å². The highest BCUT2D eigenvalue weighted by Gasteiger charge is 2.43. The third-order valence-corrected chi connectivity index (χ3v) is 6.09. The quantitative estimate of drug-likeness (QED) is 0.317. The molecule has 0 radical (unpaired) electrons. The number of benzene rings is 4. The van der Waals surface area contributed by atoms with Gasteiger partial charge in [0.25, 0.3) is 17.7 Å². The number of imide groups is 1. The molecule has 5 rings (SSSR count). The second-order valence-corrected chi connectivity index (χ2v) is 8.41. The Labute approximate surface area is 207 Å². The van der Waals surface area contributed by atoms with Crippen molar-refractivity contribution in [2.45, 2.75) is 12.5 Å². The van der Waals surface area contributed by atoms with Crippen LogP contribution in [-0.4, -0.2) is 41.2 Å². The van der Waals surface area contributed by atoms with Gasteiger partial charge in [-0.05, 0) is 29.1 Å². The average molecular weight is 479 g/mol. The van der Waals surface area contributed by atoms with E-state index in [-0.39, 0.29) is 17.5 Å². The van der Waals surface area contributed by atoms with Crippen LogP contribution >= 0.6 is 0 Å². The van der Waals surface area contributed by atoms with Crippen molar-refractivity contribution in [1.82, 2.24) is 4.90 Å². The van der Waals surface area contributed by atoms with Gasteiger partial charge in [-0.25, -0.2) is 4.79 Å². The maximum Gasteiger partial charge on any atom is 0.330 e. The molecule has 7 nitrogen and oxygen atoms in total. The second kappa shape index (κ2) is 9.84. The Bertz CT molecular complexity index is 1440. The Morgan fingerprint density at radius 1 is 0.750 bits per heavy atom. The van der Waals surface area contributed by atoms with Crippen LogP contribution in [0.5, 0.6) is 0 Å². The predicted octanol–water partition coefficient (Wildman–Crippen LogP) is 4.23. The molecular formula is C29H22N2O5. The summed E-state index contributed by atoms with van der Waals surface area (Å²) >= 11 is 0. The van der Waals surface area contributed by atoms with Gasteiger partial charge in [0.05, 0.1) is 11.1 Å². The van der Waals surface area contributed by atoms with E-state index in [1.165, 1.54) is 0 Å². The van der Waals surface area contributed by atoms with Gasteiger partial charge in [0.2, 0.25) is 0 Å². The van der Waals surface area contributed by atoms with Gasteiger partial charge in [0.15, 0.2) is 6.61 Å². The van der Waals surface area contributed by atoms with E-state index in [0.29, 0.717) is 5.69 Å². The zero-order valence-electron chi connectivity index (χ0n) is 19.2. The standard InChI is InChI=1S/C29H22N2O5/c32-26(30-24-16-8-12-20-11-4-5-13-21(20)24)18-36-29(35)25(17-19-9-2-1-3-10-19)31-27(33)22-14-6-7-15-23(22)28(31)34/h1-16,25H,17-18H2,(H,30,32)/t25-/m1/s1. The third kappa shape index (κ3) is 4.46. The molecule has 0 unspecified atom stereocenters. The molecule has 1 atom stereocenters. The topological polar surface area (TPSA) is 92.8 Å². The number of fused-ring (bicyclic) bond motifs is 2. The SMILES string of the molecule is O=C(COC(=O)[C@@H](Cc1ccccc1)N1C(=O)c2ccccc2C1=O)Nc1cccc2ccccc12. The first-order valence-electron chi connectivity index (χ1n) is 11.5. The van der Waals surface area contributed by atoms with Gasteiger partial charge >= 0.3 is 5.97 Å². The predicted molar refractivity (Wildman–Crippen MR) is 134 cm³/mol. The molecule has 1 N–H and O–H groups in total. The number of esters is 1. The highest BCUT2D eigenvalue weighted by Crippen LogP contribution is 2.27. The lowest BCUT2D eigenvalue weighted by molar-refractivity contribution is -0.151. The summed E-state index contributed by atoms with van der Waals surface area (Å²) in [4.78, 5) is 52.9. The molecule has 0 aromatic heterocycles. The Hall–Kier alpha value is -4.78. The number of rotatable bonds is 7. The van der Waals surface area contributed by atoms with Crippen LogP contribution in [0.25, 0.3) is 10.8 Å². The van der Waals surface area contributed by atoms with Gasteiger partial charge in [0.1, 0.15) is 6.04 Å². The minimum atomic E-state index is -1.22. The minimum Gasteiger partial charge on any atom is -0.454 e. The molecule has 0 spiro atoms. The summed E-state index contributed by atoms with van der Waals surface area (Å²) in [5, 5.41) is 4.58. The Morgan fingerprint density at radius 2 is 1.36 bits per heavy atom. The van der Waals surface area contributed by atoms with Gasteiger partial charge in [-0.1, -0.05) is 78.9 Å². The molecule has 0 saturated carbocycles. The summed E-state index contributed by atoms with van der Waals surface area (Å²) in [7, 11) is 0. The first-order chi connectivity index (χ1) is 17.5. The zero-order valence-corrected chi connectivity index (χ0v) is 19.2. The van der Waals surface area contributed by atoms with Crippen LogP contribution in [0.4, 0.5) is 5.69 Å². The molecule has 7 heteroatoms. The summed E-state index contributed by atoms with van der Waals surface area (Å²) in [6.07, 6.45) is 0.0656. The van der Waals surface area contributed by atoms with E-state index in [1.54, 1.807) is 54.6 Å². The van der Waals surface area contributed by atoms with Crippen molar-refractivity contribution in [2.75, 3.05) is 11.9 Å². The second-order valence-electron chi connectivity index (χ2n) is 8.41. The number of amides is 3. The molecule has 1 aliphatic heterocycles. The van der Waals surface area contributed by atoms with Crippen LogP contribution in [0.2, 0.25) is 0 Å². The first kappa shape index (κ1) is 23.0. The lowest BCUT2D eigenvalue weighted by Gasteiger charge is -2.24. The fourth-order valence-corrected chi connectivity index (χ4v) is 4.36. The van der Waals surface area contributed by atoms with Crippen molar-refractivity contribution < 1.29 is 23.9 Å². The number of nitrogens with zero attached hydrogens (tertiary/aromatic N) is 1. The van der Waals surface area contributed by atoms with Crippen LogP contribution in [0.3, 0.4) is 0 Å². The lowest BCUT2D eigenvalue weighted by atomic mass is 10.0. The lowest BCUT2D eigenvalue weighted by Crippen LogP contribution is -2.47. The Morgan fingerprint density at radius 3 is 2.08 bits per heavy atom. The van der Waals surface area contributed by atoms with Gasteiger partial charge < -0.3 is 10.1 Å². The van der Waals surface area contributed by atoms with Crippen LogP contribution in [-0.2, 0) is 20.7 Å². The van der Waals surface area contributed by atoms with Gasteiger partial charge in [0, 0.05) is 17.5 Å². The van der Waals surface area contributed by atoms with Crippen LogP contribution < -0.4 is 5.32 Å². The van der Waals surface area contributed by atoms with E-state index < -0.39 is 36.3 Å². The van der Waals surface area contributed by atoms with Crippen LogP contribution in [0.15, 0.2) is 97.1 Å². The molecule has 36 heavy (non-hydrogen) atoms. The number of anilines is 1. The van der Waals surface area contributed by atoms with E-state index in [9.17, 15) is 19.2 Å². The number of carbonyl (C=O) groups is 4. The summed E-state index contributed by atoms with van der Waals surface area (Å²) in [6.45, 7) is -0.559. The van der Waals surface area contributed by atoms with E-state index in [0.717, 1.165) is 21.2 Å². The summed E-state index contributed by atoms with van der Waals surface area (Å²) in [6, 6.07) is 27.4. The summed E-state index contributed by atoms with van der Waals surface area (Å²) in [5.41, 5.74) is 1.82. The average Bonchev–Trinajstić information content (AvgIpc) is 3.16. The fourth-order valence-electron chi connectivity index (χ4n) is 4.36. The van der Waals surface area contributed by atoms with E-state index in [1.807, 2.05) is 42.5 Å². The fraction of sp³-hybridized carbons (Fsp3) is 0.103. The summed E-state index contributed by atoms with van der Waals surface area (Å²) in [5.74, 6) is -2.48. The number of carbonyl (C=O) groups excluding carboxylic acids is 4. The number of ether oxygens (including phenoxy) is 1. The first-order valence-corrected chi connectivity index (χ1v) is 11.5. The van der Waals surface area contributed by atoms with Crippen molar-refractivity contribution >= 4 is 40.2 Å². The van der Waals surface area contributed by atoms with Crippen LogP contribution in [0, 0.1) is 0 Å². The summed E-state index contributed by atoms with van der Waals surface area (Å²) < 4.78 is 5.33. The molecule has 0 bridgehead atoms. The normalized spacial score (nSPS) is 13.4. The van der Waals surface area contributed by atoms with Gasteiger partial charge in [-0.2, -0.15) is 0 Å². The molecule has 1 heterocycles. The highest BCUT2D eigenvalue weighted by molar-refractivity contribution is 6.22. The maximum atomic E-state index is 13.2. The molecule has 4 aromatic carbocycles. The van der Waals surface area contributed by atoms with E-state index >= 15 is 0 Å². The van der Waals surface area contributed by atoms with Crippen molar-refractivity contribution in [3.05, 3.63) is 114 Å². The smallest absolute Gasteiger partial charge is 0.330 e. The number of hydrogen-bond donors (Lipinski definition) is 1. The Balaban J connectivity index is 1.34. The van der Waals surface area contributed by atoms with Crippen molar-refractivity contribution in [1.29, 1.82) is 0 Å². The third-order valence-electron chi connectivity index (χ3n) is 6.09. The van der Waals surface area contributed by atoms with Gasteiger partial charge in [-0.15, -0.1) is 0 Å². The monoisotopic (exact) mass is 478 g/mol. The number of nitrogens with one attached hydrogen (secondary N) is 1. The number of hydrogen-bond acceptors (Lipinski definition) is 5. The maximum absolute atomic E-state index is 13.2. The molecule has 4 aromatic rings. The van der Waals surface area contributed by atoms with Crippen molar-refractivity contribution in [2.24, 2.45) is 0 Å². The molecule has 1 aliphatic rings. The minimum absolute atomic E-state index is 0.0656. The molecule has 3 amide bonds. The molecule has 0 aliphatic carbocycles. The Kier molecular flexibility index (Phi) is 6.28. The van der Waals surface area contributed by atoms with Crippen molar-refractivity contribution in [3.8, 4) is 0 Å². The van der Waals surface area contributed by atoms with Crippen molar-refractivity contribution in [3.63, 3.8) is 0 Å².